The van der Waals surface area contributed by atoms with Gasteiger partial charge in [-0.25, -0.2) is 0 Å². The van der Waals surface area contributed by atoms with Crippen molar-refractivity contribution in [2.75, 3.05) is 0 Å². The Balaban J connectivity index is 1.56. The molecule has 114 valence electrons. The van der Waals surface area contributed by atoms with Gasteiger partial charge in [-0.1, -0.05) is 51.9 Å². The molecule has 0 aromatic rings. The Kier molecular flexibility index (Phi) is 5.86. The quantitative estimate of drug-likeness (QED) is 0.480. The number of hydrogen-bond acceptors (Lipinski definition) is 4. The first kappa shape index (κ1) is 15.3. The van der Waals surface area contributed by atoms with Gasteiger partial charge in [0.05, 0.1) is 6.42 Å². The maximum atomic E-state index is 11.6. The predicted octanol–water partition coefficient (Wildman–Crippen LogP) is 3.37. The lowest BCUT2D eigenvalue weighted by molar-refractivity contribution is -0.152. The van der Waals surface area contributed by atoms with E-state index in [1.807, 2.05) is 0 Å². The third-order valence-electron chi connectivity index (χ3n) is 4.33. The molecule has 20 heavy (non-hydrogen) atoms. The summed E-state index contributed by atoms with van der Waals surface area (Å²) in [4.78, 5) is 22.8. The third-order valence-corrected chi connectivity index (χ3v) is 4.33. The average Bonchev–Trinajstić information content (AvgIpc) is 2.93. The fourth-order valence-corrected chi connectivity index (χ4v) is 3.14. The number of unbranched alkanes of at least 4 members (excludes halogenated alkanes) is 7. The van der Waals surface area contributed by atoms with Crippen molar-refractivity contribution in [3.63, 3.8) is 0 Å². The first-order valence-electron chi connectivity index (χ1n) is 8.12. The molecule has 2 heterocycles. The van der Waals surface area contributed by atoms with Gasteiger partial charge >= 0.3 is 11.9 Å². The second-order valence-electron chi connectivity index (χ2n) is 6.00. The second kappa shape index (κ2) is 7.65. The largest absolute Gasteiger partial charge is 0.458 e. The lowest BCUT2D eigenvalue weighted by atomic mass is 9.97. The Hall–Kier alpha value is -1.06. The molecule has 0 aromatic carbocycles. The number of cyclic esters (lactones) is 1. The monoisotopic (exact) mass is 282 g/mol. The van der Waals surface area contributed by atoms with Crippen LogP contribution in [0.1, 0.15) is 71.1 Å². The van der Waals surface area contributed by atoms with Crippen LogP contribution >= 0.6 is 0 Å². The third kappa shape index (κ3) is 3.97. The van der Waals surface area contributed by atoms with Gasteiger partial charge in [0.1, 0.15) is 12.0 Å². The molecule has 2 aliphatic heterocycles. The summed E-state index contributed by atoms with van der Waals surface area (Å²) in [6.45, 7) is 2.23. The molecule has 0 N–H and O–H groups in total. The van der Waals surface area contributed by atoms with Crippen molar-refractivity contribution in [1.82, 2.24) is 0 Å². The molecular formula is C16H26O4. The van der Waals surface area contributed by atoms with Crippen LogP contribution in [0.3, 0.4) is 0 Å². The van der Waals surface area contributed by atoms with E-state index < -0.39 is 0 Å². The zero-order valence-corrected chi connectivity index (χ0v) is 12.4. The van der Waals surface area contributed by atoms with Crippen molar-refractivity contribution in [1.29, 1.82) is 0 Å². The predicted molar refractivity (Wildman–Crippen MR) is 75.1 cm³/mol. The second-order valence-corrected chi connectivity index (χ2v) is 6.00. The Morgan fingerprint density at radius 3 is 2.30 bits per heavy atom. The fourth-order valence-electron chi connectivity index (χ4n) is 3.14. The molecular weight excluding hydrogens is 256 g/mol. The lowest BCUT2D eigenvalue weighted by Crippen LogP contribution is -2.24. The smallest absolute Gasteiger partial charge is 0.313 e. The minimum atomic E-state index is -0.332. The van der Waals surface area contributed by atoms with E-state index in [2.05, 4.69) is 6.92 Å². The summed E-state index contributed by atoms with van der Waals surface area (Å²) in [5.74, 6) is -0.829. The van der Waals surface area contributed by atoms with E-state index in [1.54, 1.807) is 0 Å². The Bertz CT molecular complexity index is 339. The highest BCUT2D eigenvalue weighted by atomic mass is 16.6. The maximum absolute atomic E-state index is 11.6. The van der Waals surface area contributed by atoms with Gasteiger partial charge < -0.3 is 9.47 Å². The summed E-state index contributed by atoms with van der Waals surface area (Å²) in [6, 6.07) is 0. The summed E-state index contributed by atoms with van der Waals surface area (Å²) >= 11 is 0. The van der Waals surface area contributed by atoms with E-state index >= 15 is 0 Å². The molecule has 2 fully saturated rings. The first-order valence-corrected chi connectivity index (χ1v) is 8.12. The van der Waals surface area contributed by atoms with Crippen molar-refractivity contribution < 1.29 is 19.1 Å². The van der Waals surface area contributed by atoms with Crippen LogP contribution in [0.25, 0.3) is 0 Å². The standard InChI is InChI=1S/C16H26O4/c1-2-3-4-5-6-7-8-9-10-13-15-12(16(18)19-13)11-14(17)20-15/h12-13,15H,2-11H2,1H3. The molecule has 0 aliphatic carbocycles. The molecule has 3 atom stereocenters. The van der Waals surface area contributed by atoms with Crippen LogP contribution in [-0.2, 0) is 19.1 Å². The molecule has 2 aliphatic rings. The van der Waals surface area contributed by atoms with Gasteiger partial charge in [-0.05, 0) is 12.8 Å². The summed E-state index contributed by atoms with van der Waals surface area (Å²) < 4.78 is 10.5. The molecule has 4 nitrogen and oxygen atoms in total. The Morgan fingerprint density at radius 2 is 1.60 bits per heavy atom. The molecule has 0 bridgehead atoms. The van der Waals surface area contributed by atoms with Crippen LogP contribution in [0, 0.1) is 5.92 Å². The number of esters is 2. The van der Waals surface area contributed by atoms with E-state index in [9.17, 15) is 9.59 Å². The Labute approximate surface area is 121 Å². The summed E-state index contributed by atoms with van der Waals surface area (Å²) in [6.07, 6.45) is 10.6. The van der Waals surface area contributed by atoms with Gasteiger partial charge in [-0.15, -0.1) is 0 Å². The highest BCUT2D eigenvalue weighted by molar-refractivity contribution is 5.85. The topological polar surface area (TPSA) is 52.6 Å². The number of fused-ring (bicyclic) bond motifs is 1. The van der Waals surface area contributed by atoms with Crippen LogP contribution in [-0.4, -0.2) is 24.1 Å². The zero-order valence-electron chi connectivity index (χ0n) is 12.4. The van der Waals surface area contributed by atoms with Gasteiger partial charge in [-0.3, -0.25) is 9.59 Å². The molecule has 4 heteroatoms. The summed E-state index contributed by atoms with van der Waals surface area (Å²) in [7, 11) is 0. The van der Waals surface area contributed by atoms with Crippen LogP contribution in [0.2, 0.25) is 0 Å². The molecule has 2 saturated heterocycles. The first-order chi connectivity index (χ1) is 9.72. The fraction of sp³-hybridized carbons (Fsp3) is 0.875. The lowest BCUT2D eigenvalue weighted by Gasteiger charge is -2.15. The molecule has 3 unspecified atom stereocenters. The van der Waals surface area contributed by atoms with E-state index in [-0.39, 0.29) is 36.5 Å². The molecule has 0 amide bonds. The van der Waals surface area contributed by atoms with Gasteiger partial charge in [0, 0.05) is 0 Å². The maximum Gasteiger partial charge on any atom is 0.313 e. The minimum absolute atomic E-state index is 0.195. The minimum Gasteiger partial charge on any atom is -0.458 e. The van der Waals surface area contributed by atoms with Gasteiger partial charge in [0.15, 0.2) is 6.10 Å². The van der Waals surface area contributed by atoms with Gasteiger partial charge in [0.25, 0.3) is 0 Å². The van der Waals surface area contributed by atoms with Crippen LogP contribution in [0.4, 0.5) is 0 Å². The number of rotatable bonds is 9. The molecule has 0 aromatic heterocycles. The van der Waals surface area contributed by atoms with Crippen molar-refractivity contribution in [3.8, 4) is 0 Å². The number of ether oxygens (including phenoxy) is 2. The molecule has 0 spiro atoms. The highest BCUT2D eigenvalue weighted by Crippen LogP contribution is 2.35. The van der Waals surface area contributed by atoms with Crippen LogP contribution in [0.5, 0.6) is 0 Å². The summed E-state index contributed by atoms with van der Waals surface area (Å²) in [5.41, 5.74) is 0. The summed E-state index contributed by atoms with van der Waals surface area (Å²) in [5, 5.41) is 0. The van der Waals surface area contributed by atoms with E-state index in [4.69, 9.17) is 9.47 Å². The van der Waals surface area contributed by atoms with Crippen LogP contribution in [0.15, 0.2) is 0 Å². The number of carbonyl (C=O) groups is 2. The SMILES string of the molecule is CCCCCCCCCCC1OC(=O)C2CC(=O)OC12. The number of carbonyl (C=O) groups excluding carboxylic acids is 2. The van der Waals surface area contributed by atoms with Gasteiger partial charge in [-0.2, -0.15) is 0 Å². The van der Waals surface area contributed by atoms with Crippen LogP contribution < -0.4 is 0 Å². The highest BCUT2D eigenvalue weighted by Gasteiger charge is 2.52. The van der Waals surface area contributed by atoms with Gasteiger partial charge in [0.2, 0.25) is 0 Å². The van der Waals surface area contributed by atoms with Crippen molar-refractivity contribution in [3.05, 3.63) is 0 Å². The van der Waals surface area contributed by atoms with Crippen molar-refractivity contribution in [2.45, 2.75) is 83.3 Å². The average molecular weight is 282 g/mol. The normalized spacial score (nSPS) is 28.4. The molecule has 2 rings (SSSR count). The van der Waals surface area contributed by atoms with E-state index in [1.165, 1.54) is 44.9 Å². The number of hydrogen-bond donors (Lipinski definition) is 0. The molecule has 0 saturated carbocycles. The zero-order chi connectivity index (χ0) is 14.4. The molecule has 0 radical (unpaired) electrons. The van der Waals surface area contributed by atoms with E-state index in [0.29, 0.717) is 0 Å². The van der Waals surface area contributed by atoms with Crippen molar-refractivity contribution >= 4 is 11.9 Å². The van der Waals surface area contributed by atoms with Crippen molar-refractivity contribution in [2.24, 2.45) is 5.92 Å². The van der Waals surface area contributed by atoms with E-state index in [0.717, 1.165) is 12.8 Å². The Morgan fingerprint density at radius 1 is 0.950 bits per heavy atom.